The summed E-state index contributed by atoms with van der Waals surface area (Å²) in [5.74, 6) is 0.197. The zero-order valence-electron chi connectivity index (χ0n) is 19.0. The van der Waals surface area contributed by atoms with Crippen molar-refractivity contribution in [3.05, 3.63) is 64.9 Å². The molecule has 0 saturated carbocycles. The lowest BCUT2D eigenvalue weighted by atomic mass is 10.0. The van der Waals surface area contributed by atoms with Gasteiger partial charge in [-0.2, -0.15) is 0 Å². The van der Waals surface area contributed by atoms with Crippen molar-refractivity contribution in [1.29, 1.82) is 0 Å². The zero-order chi connectivity index (χ0) is 23.5. The second-order valence-corrected chi connectivity index (χ2v) is 8.26. The molecule has 6 nitrogen and oxygen atoms in total. The molecule has 168 valence electrons. The highest BCUT2D eigenvalue weighted by atomic mass is 16.5. The van der Waals surface area contributed by atoms with Crippen LogP contribution < -0.4 is 9.47 Å². The molecule has 1 aromatic heterocycles. The molecule has 0 amide bonds. The van der Waals surface area contributed by atoms with Crippen molar-refractivity contribution in [2.24, 2.45) is 0 Å². The van der Waals surface area contributed by atoms with Crippen molar-refractivity contribution in [1.82, 2.24) is 0 Å². The number of carbonyl (C=O) groups excluding carboxylic acids is 1. The van der Waals surface area contributed by atoms with E-state index in [1.165, 1.54) is 19.9 Å². The number of carboxylic acid groups (broad SMARTS) is 1. The summed E-state index contributed by atoms with van der Waals surface area (Å²) in [6, 6.07) is 10.9. The van der Waals surface area contributed by atoms with E-state index >= 15 is 0 Å². The second-order valence-electron chi connectivity index (χ2n) is 8.26. The van der Waals surface area contributed by atoms with E-state index in [1.807, 2.05) is 45.0 Å². The van der Waals surface area contributed by atoms with Crippen LogP contribution in [0.15, 0.2) is 46.9 Å². The number of aryl methyl sites for hydroxylation is 2. The molecule has 0 saturated heterocycles. The number of ketones is 1. The van der Waals surface area contributed by atoms with E-state index in [2.05, 4.69) is 0 Å². The molecule has 0 atom stereocenters. The minimum Gasteiger partial charge on any atom is -0.493 e. The quantitative estimate of drug-likeness (QED) is 0.328. The van der Waals surface area contributed by atoms with Crippen LogP contribution in [0.5, 0.6) is 11.5 Å². The van der Waals surface area contributed by atoms with E-state index in [1.54, 1.807) is 18.2 Å². The number of furan rings is 1. The minimum atomic E-state index is -1.34. The lowest BCUT2D eigenvalue weighted by Crippen LogP contribution is -2.38. The lowest BCUT2D eigenvalue weighted by Gasteiger charge is -2.24. The third-order valence-corrected chi connectivity index (χ3v) is 4.99. The number of carboxylic acids is 1. The third kappa shape index (κ3) is 5.19. The topological polar surface area (TPSA) is 86.0 Å². The highest BCUT2D eigenvalue weighted by Gasteiger charge is 2.30. The van der Waals surface area contributed by atoms with Gasteiger partial charge in [-0.05, 0) is 87.2 Å². The Morgan fingerprint density at radius 3 is 2.41 bits per heavy atom. The first-order valence-corrected chi connectivity index (χ1v) is 10.5. The van der Waals surface area contributed by atoms with E-state index < -0.39 is 11.6 Å². The Hall–Kier alpha value is -3.54. The van der Waals surface area contributed by atoms with Crippen LogP contribution in [0.1, 0.15) is 54.4 Å². The Morgan fingerprint density at radius 1 is 1.09 bits per heavy atom. The van der Waals surface area contributed by atoms with Gasteiger partial charge >= 0.3 is 5.97 Å². The maximum atomic E-state index is 12.6. The zero-order valence-corrected chi connectivity index (χ0v) is 19.0. The Labute approximate surface area is 187 Å². The molecule has 32 heavy (non-hydrogen) atoms. The van der Waals surface area contributed by atoms with Crippen LogP contribution in [0.25, 0.3) is 17.0 Å². The normalized spacial score (nSPS) is 11.8. The van der Waals surface area contributed by atoms with Crippen LogP contribution in [0, 0.1) is 13.8 Å². The fourth-order valence-corrected chi connectivity index (χ4v) is 3.24. The lowest BCUT2D eigenvalue weighted by molar-refractivity contribution is -0.152. The predicted octanol–water partition coefficient (Wildman–Crippen LogP) is 5.98. The molecule has 0 aliphatic rings. The fraction of sp³-hybridized carbons (Fsp3) is 0.308. The fourth-order valence-electron chi connectivity index (χ4n) is 3.24. The van der Waals surface area contributed by atoms with Crippen LogP contribution in [-0.2, 0) is 4.79 Å². The monoisotopic (exact) mass is 436 g/mol. The maximum Gasteiger partial charge on any atom is 0.347 e. The Morgan fingerprint density at radius 2 is 1.78 bits per heavy atom. The first kappa shape index (κ1) is 23.1. The summed E-state index contributed by atoms with van der Waals surface area (Å²) in [7, 11) is 0. The number of ether oxygens (including phenoxy) is 2. The standard InChI is InChI=1S/C26H28O6/c1-6-11-30-20-9-8-19-14-23(31-22(19)15-20)21(27)10-7-18-12-16(2)24(17(3)13-18)32-26(4,5)25(28)29/h7-10,12-15H,6,11H2,1-5H3,(H,28,29)/b10-7+. The van der Waals surface area contributed by atoms with Crippen LogP contribution >= 0.6 is 0 Å². The van der Waals surface area contributed by atoms with Gasteiger partial charge in [0.25, 0.3) is 0 Å². The van der Waals surface area contributed by atoms with Gasteiger partial charge < -0.3 is 19.0 Å². The molecule has 0 spiro atoms. The predicted molar refractivity (Wildman–Crippen MR) is 124 cm³/mol. The molecule has 0 fully saturated rings. The number of rotatable bonds is 9. The van der Waals surface area contributed by atoms with E-state index in [4.69, 9.17) is 13.9 Å². The van der Waals surface area contributed by atoms with Gasteiger partial charge in [-0.1, -0.05) is 13.0 Å². The van der Waals surface area contributed by atoms with Gasteiger partial charge in [0.05, 0.1) is 6.61 Å². The van der Waals surface area contributed by atoms with Gasteiger partial charge in [-0.25, -0.2) is 4.79 Å². The molecule has 1 N–H and O–H groups in total. The summed E-state index contributed by atoms with van der Waals surface area (Å²) in [4.78, 5) is 24.0. The van der Waals surface area contributed by atoms with Crippen LogP contribution in [0.3, 0.4) is 0 Å². The number of allylic oxidation sites excluding steroid dienone is 1. The van der Waals surface area contributed by atoms with E-state index in [0.29, 0.717) is 23.7 Å². The van der Waals surface area contributed by atoms with Gasteiger partial charge in [0, 0.05) is 11.5 Å². The van der Waals surface area contributed by atoms with Gasteiger partial charge in [0.1, 0.15) is 17.1 Å². The van der Waals surface area contributed by atoms with Gasteiger partial charge in [0.2, 0.25) is 5.78 Å². The molecular weight excluding hydrogens is 408 g/mol. The molecule has 6 heteroatoms. The minimum absolute atomic E-state index is 0.250. The van der Waals surface area contributed by atoms with Crippen molar-refractivity contribution in [2.75, 3.05) is 6.61 Å². The van der Waals surface area contributed by atoms with Crippen molar-refractivity contribution in [2.45, 2.75) is 46.6 Å². The molecule has 1 heterocycles. The first-order valence-electron chi connectivity index (χ1n) is 10.5. The van der Waals surface area contributed by atoms with Crippen LogP contribution in [-0.4, -0.2) is 29.1 Å². The summed E-state index contributed by atoms with van der Waals surface area (Å²) in [5.41, 5.74) is 1.64. The van der Waals surface area contributed by atoms with Crippen molar-refractivity contribution < 1.29 is 28.6 Å². The van der Waals surface area contributed by atoms with Crippen LogP contribution in [0.4, 0.5) is 0 Å². The highest BCUT2D eigenvalue weighted by molar-refractivity contribution is 6.07. The summed E-state index contributed by atoms with van der Waals surface area (Å²) in [6.45, 7) is 9.36. The van der Waals surface area contributed by atoms with Gasteiger partial charge in [-0.3, -0.25) is 4.79 Å². The number of aliphatic carboxylic acids is 1. The van der Waals surface area contributed by atoms with Gasteiger partial charge in [0.15, 0.2) is 11.4 Å². The van der Waals surface area contributed by atoms with Gasteiger partial charge in [-0.15, -0.1) is 0 Å². The molecule has 0 bridgehead atoms. The first-order chi connectivity index (χ1) is 15.1. The SMILES string of the molecule is CCCOc1ccc2cc(C(=O)/C=C/c3cc(C)c(OC(C)(C)C(=O)O)c(C)c3)oc2c1. The Balaban J connectivity index is 1.78. The van der Waals surface area contributed by atoms with Crippen molar-refractivity contribution >= 4 is 28.8 Å². The maximum absolute atomic E-state index is 12.6. The Bertz CT molecular complexity index is 1160. The van der Waals surface area contributed by atoms with Crippen molar-refractivity contribution in [3.63, 3.8) is 0 Å². The number of hydrogen-bond donors (Lipinski definition) is 1. The highest BCUT2D eigenvalue weighted by Crippen LogP contribution is 2.29. The van der Waals surface area contributed by atoms with E-state index in [-0.39, 0.29) is 11.5 Å². The smallest absolute Gasteiger partial charge is 0.347 e. The van der Waals surface area contributed by atoms with E-state index in [9.17, 15) is 14.7 Å². The number of benzene rings is 2. The van der Waals surface area contributed by atoms with Crippen LogP contribution in [0.2, 0.25) is 0 Å². The average molecular weight is 437 g/mol. The summed E-state index contributed by atoms with van der Waals surface area (Å²) in [6.07, 6.45) is 4.08. The second kappa shape index (κ2) is 9.30. The molecular formula is C26H28O6. The average Bonchev–Trinajstić information content (AvgIpc) is 3.16. The third-order valence-electron chi connectivity index (χ3n) is 4.99. The van der Waals surface area contributed by atoms with E-state index in [0.717, 1.165) is 28.5 Å². The summed E-state index contributed by atoms with van der Waals surface area (Å²) in [5, 5.41) is 10.1. The molecule has 0 unspecified atom stereocenters. The summed E-state index contributed by atoms with van der Waals surface area (Å²) >= 11 is 0. The Kier molecular flexibility index (Phi) is 6.72. The number of carbonyl (C=O) groups is 2. The number of fused-ring (bicyclic) bond motifs is 1. The molecule has 0 radical (unpaired) electrons. The molecule has 0 aliphatic heterocycles. The van der Waals surface area contributed by atoms with Crippen molar-refractivity contribution in [3.8, 4) is 11.5 Å². The molecule has 0 aliphatic carbocycles. The largest absolute Gasteiger partial charge is 0.493 e. The molecule has 2 aromatic carbocycles. The summed E-state index contributed by atoms with van der Waals surface area (Å²) < 4.78 is 17.1. The molecule has 3 rings (SSSR count). The molecule has 3 aromatic rings. The number of hydrogen-bond acceptors (Lipinski definition) is 5.